The second kappa shape index (κ2) is 16.4. The standard InChI is InChI=1S/C71H80BN3/c1-65(2,3)46-28-33-50(34-29-46)73(51-35-30-47(31-36-51)66(4,5)6)52-43-59-62-60(44-52)75-63-56(70(15)38-22-23-39-71(70,75)16)41-49(68(10,11)12)42-57(63)72(62)61-53-26-20-21-27-55(53)69(13,14)64(61)74(59)58-37-32-48(67(7,8)9)40-54(58)45-24-18-17-19-25-45/h17-21,24-37,40-44H,22-23,38-39H2,1-16H3. The minimum atomic E-state index is -0.338. The second-order valence-corrected chi connectivity index (χ2v) is 28.2. The highest BCUT2D eigenvalue weighted by Gasteiger charge is 2.63. The maximum absolute atomic E-state index is 2.93. The average Bonchev–Trinajstić information content (AvgIpc) is 3.89. The van der Waals surface area contributed by atoms with Crippen LogP contribution in [0.4, 0.5) is 39.8 Å². The van der Waals surface area contributed by atoms with Crippen molar-refractivity contribution in [2.45, 2.75) is 174 Å². The van der Waals surface area contributed by atoms with Gasteiger partial charge in [-0.05, 0) is 151 Å². The molecule has 75 heavy (non-hydrogen) atoms. The van der Waals surface area contributed by atoms with E-state index in [9.17, 15) is 0 Å². The van der Waals surface area contributed by atoms with E-state index in [2.05, 4.69) is 271 Å². The third-order valence-corrected chi connectivity index (χ3v) is 19.0. The number of fused-ring (bicyclic) bond motifs is 8. The van der Waals surface area contributed by atoms with E-state index in [0.29, 0.717) is 0 Å². The first kappa shape index (κ1) is 49.6. The van der Waals surface area contributed by atoms with E-state index in [1.807, 2.05) is 0 Å². The van der Waals surface area contributed by atoms with E-state index in [1.54, 1.807) is 5.56 Å². The van der Waals surface area contributed by atoms with Crippen molar-refractivity contribution < 1.29 is 0 Å². The Labute approximate surface area is 451 Å². The predicted octanol–water partition coefficient (Wildman–Crippen LogP) is 18.1. The molecule has 2 unspecified atom stereocenters. The van der Waals surface area contributed by atoms with Gasteiger partial charge in [-0.2, -0.15) is 0 Å². The minimum Gasteiger partial charge on any atom is -0.335 e. The number of nitrogens with zero attached hydrogens (tertiary/aromatic N) is 3. The molecule has 0 spiro atoms. The van der Waals surface area contributed by atoms with Crippen molar-refractivity contribution in [3.05, 3.63) is 190 Å². The summed E-state index contributed by atoms with van der Waals surface area (Å²) >= 11 is 0. The lowest BCUT2D eigenvalue weighted by Crippen LogP contribution is -2.61. The molecule has 1 saturated carbocycles. The van der Waals surface area contributed by atoms with E-state index in [0.717, 1.165) is 17.8 Å². The highest BCUT2D eigenvalue weighted by atomic mass is 15.3. The highest BCUT2D eigenvalue weighted by molar-refractivity contribution is 7.03. The molecule has 0 radical (unpaired) electrons. The summed E-state index contributed by atoms with van der Waals surface area (Å²) in [6.45, 7) is 38.5. The number of hydrogen-bond donors (Lipinski definition) is 0. The molecule has 382 valence electrons. The first-order chi connectivity index (χ1) is 35.2. The third-order valence-electron chi connectivity index (χ3n) is 19.0. The Morgan fingerprint density at radius 1 is 0.467 bits per heavy atom. The Bertz CT molecular complexity index is 3420. The Kier molecular flexibility index (Phi) is 10.8. The summed E-state index contributed by atoms with van der Waals surface area (Å²) in [5.41, 5.74) is 26.3. The largest absolute Gasteiger partial charge is 0.335 e. The maximum Gasteiger partial charge on any atom is 0.252 e. The van der Waals surface area contributed by atoms with Crippen molar-refractivity contribution >= 4 is 62.9 Å². The normalized spacial score (nSPS) is 20.4. The van der Waals surface area contributed by atoms with Crippen molar-refractivity contribution in [1.82, 2.24) is 0 Å². The lowest BCUT2D eigenvalue weighted by atomic mass is 9.32. The maximum atomic E-state index is 2.93. The second-order valence-electron chi connectivity index (χ2n) is 28.2. The molecule has 5 aliphatic rings. The van der Waals surface area contributed by atoms with Crippen molar-refractivity contribution in [2.75, 3.05) is 14.7 Å². The van der Waals surface area contributed by atoms with Crippen LogP contribution in [0.15, 0.2) is 151 Å². The van der Waals surface area contributed by atoms with Gasteiger partial charge in [-0.25, -0.2) is 0 Å². The molecule has 1 fully saturated rings. The smallest absolute Gasteiger partial charge is 0.252 e. The van der Waals surface area contributed by atoms with E-state index in [1.165, 1.54) is 114 Å². The van der Waals surface area contributed by atoms with Crippen LogP contribution in [0.25, 0.3) is 16.6 Å². The molecule has 2 atom stereocenters. The molecule has 3 aliphatic heterocycles. The lowest BCUT2D eigenvalue weighted by molar-refractivity contribution is 0.195. The van der Waals surface area contributed by atoms with Crippen LogP contribution in [-0.2, 0) is 32.5 Å². The van der Waals surface area contributed by atoms with Gasteiger partial charge in [-0.15, -0.1) is 0 Å². The van der Waals surface area contributed by atoms with Gasteiger partial charge in [0.05, 0.1) is 16.9 Å². The van der Waals surface area contributed by atoms with Crippen LogP contribution >= 0.6 is 0 Å². The molecule has 12 rings (SSSR count). The van der Waals surface area contributed by atoms with Crippen LogP contribution in [0.2, 0.25) is 0 Å². The molecule has 2 aliphatic carbocycles. The van der Waals surface area contributed by atoms with Gasteiger partial charge in [-0.3, -0.25) is 0 Å². The van der Waals surface area contributed by atoms with Gasteiger partial charge in [0.15, 0.2) is 0 Å². The van der Waals surface area contributed by atoms with Gasteiger partial charge in [0.2, 0.25) is 0 Å². The van der Waals surface area contributed by atoms with Crippen LogP contribution in [0.3, 0.4) is 0 Å². The summed E-state index contributed by atoms with van der Waals surface area (Å²) in [6.07, 6.45) is 4.78. The number of rotatable bonds is 5. The van der Waals surface area contributed by atoms with Crippen molar-refractivity contribution in [3.63, 3.8) is 0 Å². The quantitative estimate of drug-likeness (QED) is 0.159. The monoisotopic (exact) mass is 986 g/mol. The van der Waals surface area contributed by atoms with Gasteiger partial charge < -0.3 is 14.7 Å². The van der Waals surface area contributed by atoms with Crippen LogP contribution in [0.5, 0.6) is 0 Å². The zero-order valence-corrected chi connectivity index (χ0v) is 48.1. The van der Waals surface area contributed by atoms with Crippen molar-refractivity contribution in [1.29, 1.82) is 0 Å². The zero-order chi connectivity index (χ0) is 53.2. The Hall–Kier alpha value is -6.26. The molecule has 7 aromatic carbocycles. The van der Waals surface area contributed by atoms with Crippen molar-refractivity contribution in [2.24, 2.45) is 0 Å². The average molecular weight is 986 g/mol. The fourth-order valence-corrected chi connectivity index (χ4v) is 14.4. The molecular weight excluding hydrogens is 906 g/mol. The molecule has 0 amide bonds. The van der Waals surface area contributed by atoms with Gasteiger partial charge >= 0.3 is 0 Å². The van der Waals surface area contributed by atoms with E-state index in [4.69, 9.17) is 0 Å². The SMILES string of the molecule is CC(C)(C)c1ccc(N(c2ccc(C(C)(C)C)cc2)c2cc3c4c(c2)N2c5c(cc(C(C)(C)C)cc5C5(C)CCCCC25C)B4C2=C(N3c3ccc(C(C)(C)C)cc3-c3ccccc3)C(C)(C)c3ccccc32)cc1. The molecule has 0 saturated heterocycles. The van der Waals surface area contributed by atoms with Crippen LogP contribution in [-0.4, -0.2) is 12.3 Å². The summed E-state index contributed by atoms with van der Waals surface area (Å²) in [7, 11) is 0. The van der Waals surface area contributed by atoms with E-state index >= 15 is 0 Å². The molecule has 7 aromatic rings. The fourth-order valence-electron chi connectivity index (χ4n) is 14.4. The summed E-state index contributed by atoms with van der Waals surface area (Å²) < 4.78 is 0. The van der Waals surface area contributed by atoms with E-state index in [-0.39, 0.29) is 44.7 Å². The number of benzene rings is 7. The Morgan fingerprint density at radius 2 is 1.01 bits per heavy atom. The Balaban J connectivity index is 1.26. The molecular formula is C71H80BN3. The molecule has 3 heterocycles. The first-order valence-corrected chi connectivity index (χ1v) is 28.3. The number of anilines is 7. The van der Waals surface area contributed by atoms with Crippen LogP contribution in [0.1, 0.15) is 175 Å². The van der Waals surface area contributed by atoms with E-state index < -0.39 is 0 Å². The lowest BCUT2D eigenvalue weighted by Gasteiger charge is -2.53. The minimum absolute atomic E-state index is 0.0116. The van der Waals surface area contributed by atoms with Gasteiger partial charge in [0.1, 0.15) is 0 Å². The number of hydrogen-bond acceptors (Lipinski definition) is 3. The summed E-state index contributed by atoms with van der Waals surface area (Å²) in [4.78, 5) is 8.28. The summed E-state index contributed by atoms with van der Waals surface area (Å²) in [5.74, 6) is 0. The van der Waals surface area contributed by atoms with Crippen molar-refractivity contribution in [3.8, 4) is 11.1 Å². The topological polar surface area (TPSA) is 9.72 Å². The van der Waals surface area contributed by atoms with Gasteiger partial charge in [-0.1, -0.05) is 214 Å². The first-order valence-electron chi connectivity index (χ1n) is 28.3. The molecule has 3 nitrogen and oxygen atoms in total. The predicted molar refractivity (Wildman–Crippen MR) is 324 cm³/mol. The summed E-state index contributed by atoms with van der Waals surface area (Å²) in [6, 6.07) is 57.6. The fraction of sp³-hybridized carbons (Fsp3) is 0.380. The van der Waals surface area contributed by atoms with Gasteiger partial charge in [0.25, 0.3) is 6.71 Å². The van der Waals surface area contributed by atoms with Crippen LogP contribution < -0.4 is 25.6 Å². The number of allylic oxidation sites excluding steroid dienone is 1. The molecule has 0 bridgehead atoms. The third kappa shape index (κ3) is 7.34. The highest BCUT2D eigenvalue weighted by Crippen LogP contribution is 2.65. The van der Waals surface area contributed by atoms with Gasteiger partial charge in [0, 0.05) is 50.5 Å². The molecule has 4 heteroatoms. The molecule has 0 N–H and O–H groups in total. The summed E-state index contributed by atoms with van der Waals surface area (Å²) in [5, 5.41) is 0. The zero-order valence-electron chi connectivity index (χ0n) is 48.1. The Morgan fingerprint density at radius 3 is 1.61 bits per heavy atom. The van der Waals surface area contributed by atoms with Crippen LogP contribution in [0, 0.1) is 0 Å². The molecule has 0 aromatic heterocycles.